The van der Waals surface area contributed by atoms with Gasteiger partial charge >= 0.3 is 0 Å². The van der Waals surface area contributed by atoms with E-state index in [9.17, 15) is 9.59 Å². The van der Waals surface area contributed by atoms with Crippen LogP contribution in [0.4, 0.5) is 0 Å². The molecular weight excluding hydrogens is 318 g/mol. The van der Waals surface area contributed by atoms with Crippen LogP contribution in [0.15, 0.2) is 0 Å². The molecule has 0 saturated carbocycles. The van der Waals surface area contributed by atoms with Gasteiger partial charge in [0.2, 0.25) is 11.8 Å². The van der Waals surface area contributed by atoms with E-state index in [1.807, 2.05) is 16.7 Å². The van der Waals surface area contributed by atoms with E-state index >= 15 is 0 Å². The highest BCUT2D eigenvalue weighted by atomic mass is 35.5. The number of hydrogen-bond donors (Lipinski definition) is 1. The van der Waals surface area contributed by atoms with E-state index < -0.39 is 0 Å². The maximum Gasteiger partial charge on any atom is 0.240 e. The fraction of sp³-hybridized carbons (Fsp3) is 0.875. The summed E-state index contributed by atoms with van der Waals surface area (Å²) in [5, 5.41) is 3.19. The van der Waals surface area contributed by atoms with Gasteiger partial charge in [0, 0.05) is 39.3 Å². The molecule has 2 rings (SSSR count). The minimum absolute atomic E-state index is 0. The van der Waals surface area contributed by atoms with Gasteiger partial charge < -0.3 is 19.9 Å². The number of hydrogen-bond acceptors (Lipinski definition) is 4. The molecule has 1 N–H and O–H groups in total. The number of nitrogens with one attached hydrogen (secondary N) is 1. The first-order valence-corrected chi connectivity index (χ1v) is 8.49. The second-order valence-electron chi connectivity index (χ2n) is 6.30. The van der Waals surface area contributed by atoms with E-state index in [-0.39, 0.29) is 36.7 Å². The number of rotatable bonds is 6. The third-order valence-corrected chi connectivity index (χ3v) is 4.61. The van der Waals surface area contributed by atoms with E-state index in [1.165, 1.54) is 0 Å². The van der Waals surface area contributed by atoms with Crippen LogP contribution in [-0.2, 0) is 14.3 Å². The lowest BCUT2D eigenvalue weighted by Gasteiger charge is -2.35. The molecule has 134 valence electrons. The minimum Gasteiger partial charge on any atom is -0.380 e. The fourth-order valence-electron chi connectivity index (χ4n) is 3.05. The number of piperazine rings is 1. The monoisotopic (exact) mass is 347 g/mol. The van der Waals surface area contributed by atoms with Crippen LogP contribution in [0.3, 0.4) is 0 Å². The summed E-state index contributed by atoms with van der Waals surface area (Å²) >= 11 is 0. The molecule has 2 aliphatic heterocycles. The lowest BCUT2D eigenvalue weighted by Crippen LogP contribution is -2.57. The summed E-state index contributed by atoms with van der Waals surface area (Å²) in [6.07, 6.45) is 2.41. The number of halogens is 1. The third-order valence-electron chi connectivity index (χ3n) is 4.61. The molecule has 2 saturated heterocycles. The standard InChI is InChI=1S/C16H29N3O3.ClH/c1-3-22-11-10-19-9-6-17-14(16(19)21)12-15(20)18-7-4-13(2)5-8-18;/h13-14,17H,3-12H2,1-2H3;1H. The van der Waals surface area contributed by atoms with Crippen molar-refractivity contribution >= 4 is 24.2 Å². The molecule has 6 nitrogen and oxygen atoms in total. The van der Waals surface area contributed by atoms with Gasteiger partial charge in [0.25, 0.3) is 0 Å². The van der Waals surface area contributed by atoms with Crippen LogP contribution in [0.5, 0.6) is 0 Å². The fourth-order valence-corrected chi connectivity index (χ4v) is 3.05. The zero-order chi connectivity index (χ0) is 15.9. The van der Waals surface area contributed by atoms with Gasteiger partial charge in [0.05, 0.1) is 19.1 Å². The summed E-state index contributed by atoms with van der Waals surface area (Å²) in [4.78, 5) is 28.5. The molecule has 2 fully saturated rings. The van der Waals surface area contributed by atoms with Gasteiger partial charge in [-0.3, -0.25) is 9.59 Å². The van der Waals surface area contributed by atoms with Crippen molar-refractivity contribution in [2.75, 3.05) is 45.9 Å². The quantitative estimate of drug-likeness (QED) is 0.725. The maximum atomic E-state index is 12.4. The average molecular weight is 348 g/mol. The van der Waals surface area contributed by atoms with Crippen molar-refractivity contribution in [3.05, 3.63) is 0 Å². The third kappa shape index (κ3) is 5.94. The average Bonchev–Trinajstić information content (AvgIpc) is 2.51. The molecular formula is C16H30ClN3O3. The van der Waals surface area contributed by atoms with Crippen molar-refractivity contribution in [1.82, 2.24) is 15.1 Å². The van der Waals surface area contributed by atoms with Crippen molar-refractivity contribution in [3.8, 4) is 0 Å². The number of carbonyl (C=O) groups excluding carboxylic acids is 2. The molecule has 0 aliphatic carbocycles. The van der Waals surface area contributed by atoms with E-state index in [1.54, 1.807) is 0 Å². The van der Waals surface area contributed by atoms with Crippen molar-refractivity contribution in [2.45, 2.75) is 39.2 Å². The number of nitrogens with zero attached hydrogens (tertiary/aromatic N) is 2. The molecule has 2 amide bonds. The van der Waals surface area contributed by atoms with E-state index in [0.29, 0.717) is 32.2 Å². The Morgan fingerprint density at radius 1 is 1.30 bits per heavy atom. The van der Waals surface area contributed by atoms with Crippen LogP contribution < -0.4 is 5.32 Å². The first-order valence-electron chi connectivity index (χ1n) is 8.49. The van der Waals surface area contributed by atoms with Crippen LogP contribution in [-0.4, -0.2) is 73.6 Å². The molecule has 2 aliphatic rings. The van der Waals surface area contributed by atoms with Crippen LogP contribution >= 0.6 is 12.4 Å². The number of amides is 2. The molecule has 0 radical (unpaired) electrons. The number of ether oxygens (including phenoxy) is 1. The van der Waals surface area contributed by atoms with Gasteiger partial charge in [-0.15, -0.1) is 12.4 Å². The highest BCUT2D eigenvalue weighted by Gasteiger charge is 2.31. The topological polar surface area (TPSA) is 61.9 Å². The Morgan fingerprint density at radius 3 is 2.65 bits per heavy atom. The summed E-state index contributed by atoms with van der Waals surface area (Å²) in [5.74, 6) is 0.835. The molecule has 23 heavy (non-hydrogen) atoms. The number of likely N-dealkylation sites (tertiary alicyclic amines) is 1. The van der Waals surface area contributed by atoms with Crippen molar-refractivity contribution in [2.24, 2.45) is 5.92 Å². The Morgan fingerprint density at radius 2 is 2.00 bits per heavy atom. The maximum absolute atomic E-state index is 12.4. The highest BCUT2D eigenvalue weighted by Crippen LogP contribution is 2.17. The van der Waals surface area contributed by atoms with Gasteiger partial charge in [-0.25, -0.2) is 0 Å². The first-order chi connectivity index (χ1) is 10.6. The zero-order valence-electron chi connectivity index (χ0n) is 14.3. The smallest absolute Gasteiger partial charge is 0.240 e. The van der Waals surface area contributed by atoms with Crippen LogP contribution in [0.25, 0.3) is 0 Å². The Labute approximate surface area is 145 Å². The minimum atomic E-state index is -0.373. The molecule has 0 spiro atoms. The SMILES string of the molecule is CCOCCN1CCNC(CC(=O)N2CCC(C)CC2)C1=O.Cl. The Bertz CT molecular complexity index is 387. The molecule has 1 atom stereocenters. The molecule has 0 bridgehead atoms. The molecule has 7 heteroatoms. The van der Waals surface area contributed by atoms with Crippen LogP contribution in [0.1, 0.15) is 33.1 Å². The molecule has 0 aromatic carbocycles. The van der Waals surface area contributed by atoms with Crippen LogP contribution in [0, 0.1) is 5.92 Å². The van der Waals surface area contributed by atoms with Gasteiger partial charge in [-0.2, -0.15) is 0 Å². The van der Waals surface area contributed by atoms with Crippen LogP contribution in [0.2, 0.25) is 0 Å². The number of carbonyl (C=O) groups is 2. The first kappa shape index (κ1) is 20.2. The molecule has 1 unspecified atom stereocenters. The Hall–Kier alpha value is -0.850. The lowest BCUT2D eigenvalue weighted by molar-refractivity contribution is -0.142. The summed E-state index contributed by atoms with van der Waals surface area (Å²) in [6, 6.07) is -0.373. The highest BCUT2D eigenvalue weighted by molar-refractivity contribution is 5.89. The van der Waals surface area contributed by atoms with Gasteiger partial charge in [-0.1, -0.05) is 6.92 Å². The Balaban J connectivity index is 0.00000264. The summed E-state index contributed by atoms with van der Waals surface area (Å²) in [6.45, 7) is 9.10. The zero-order valence-corrected chi connectivity index (χ0v) is 15.1. The predicted octanol–water partition coefficient (Wildman–Crippen LogP) is 0.894. The van der Waals surface area contributed by atoms with Gasteiger partial charge in [-0.05, 0) is 25.7 Å². The van der Waals surface area contributed by atoms with Gasteiger partial charge in [0.15, 0.2) is 0 Å². The second kappa shape index (κ2) is 10.1. The predicted molar refractivity (Wildman–Crippen MR) is 91.7 cm³/mol. The molecule has 0 aromatic heterocycles. The van der Waals surface area contributed by atoms with Crippen molar-refractivity contribution in [1.29, 1.82) is 0 Å². The molecule has 2 heterocycles. The van der Waals surface area contributed by atoms with E-state index in [0.717, 1.165) is 32.5 Å². The van der Waals surface area contributed by atoms with Crippen molar-refractivity contribution in [3.63, 3.8) is 0 Å². The van der Waals surface area contributed by atoms with Crippen molar-refractivity contribution < 1.29 is 14.3 Å². The normalized spacial score (nSPS) is 22.9. The Kier molecular flexibility index (Phi) is 8.87. The summed E-state index contributed by atoms with van der Waals surface area (Å²) < 4.78 is 5.32. The largest absolute Gasteiger partial charge is 0.380 e. The summed E-state index contributed by atoms with van der Waals surface area (Å²) in [7, 11) is 0. The lowest BCUT2D eigenvalue weighted by atomic mass is 9.98. The van der Waals surface area contributed by atoms with E-state index in [4.69, 9.17) is 4.74 Å². The van der Waals surface area contributed by atoms with Gasteiger partial charge in [0.1, 0.15) is 0 Å². The molecule has 0 aromatic rings. The van der Waals surface area contributed by atoms with E-state index in [2.05, 4.69) is 12.2 Å². The number of piperidine rings is 1. The second-order valence-corrected chi connectivity index (χ2v) is 6.30. The summed E-state index contributed by atoms with van der Waals surface area (Å²) in [5.41, 5.74) is 0.